The summed E-state index contributed by atoms with van der Waals surface area (Å²) in [7, 11) is 0. The van der Waals surface area contributed by atoms with Crippen molar-refractivity contribution in [3.63, 3.8) is 0 Å². The molecule has 1 heterocycles. The highest BCUT2D eigenvalue weighted by Gasteiger charge is 2.34. The fourth-order valence-corrected chi connectivity index (χ4v) is 3.24. The van der Waals surface area contributed by atoms with Gasteiger partial charge in [-0.2, -0.15) is 0 Å². The second-order valence-electron chi connectivity index (χ2n) is 5.82. The van der Waals surface area contributed by atoms with Crippen molar-refractivity contribution >= 4 is 5.78 Å². The molecular weight excluding hydrogens is 240 g/mol. The van der Waals surface area contributed by atoms with E-state index in [1.807, 2.05) is 0 Å². The van der Waals surface area contributed by atoms with E-state index in [0.29, 0.717) is 12.8 Å². The molecule has 0 amide bonds. The highest BCUT2D eigenvalue weighted by molar-refractivity contribution is 5.97. The van der Waals surface area contributed by atoms with Crippen LogP contribution in [0.15, 0.2) is 11.3 Å². The number of ether oxygens (including phenoxy) is 1. The fourth-order valence-electron chi connectivity index (χ4n) is 3.24. The van der Waals surface area contributed by atoms with Crippen LogP contribution in [0.3, 0.4) is 0 Å². The van der Waals surface area contributed by atoms with E-state index in [9.17, 15) is 9.90 Å². The average Bonchev–Trinajstić information content (AvgIpc) is 2.38. The van der Waals surface area contributed by atoms with Gasteiger partial charge < -0.3 is 9.84 Å². The molecule has 0 bridgehead atoms. The summed E-state index contributed by atoms with van der Waals surface area (Å²) >= 11 is 0. The summed E-state index contributed by atoms with van der Waals surface area (Å²) in [4.78, 5) is 12.1. The van der Waals surface area contributed by atoms with Crippen LogP contribution in [-0.2, 0) is 9.53 Å². The van der Waals surface area contributed by atoms with Gasteiger partial charge in [0.15, 0.2) is 12.1 Å². The Bertz CT molecular complexity index is 346. The average molecular weight is 266 g/mol. The quantitative estimate of drug-likeness (QED) is 0.745. The number of hydrogen-bond donors (Lipinski definition) is 1. The van der Waals surface area contributed by atoms with Crippen LogP contribution in [0.4, 0.5) is 0 Å². The summed E-state index contributed by atoms with van der Waals surface area (Å²) in [5.41, 5.74) is 0.909. The molecule has 2 atom stereocenters. The second-order valence-corrected chi connectivity index (χ2v) is 5.82. The number of carbonyl (C=O) groups is 1. The third kappa shape index (κ3) is 3.82. The van der Waals surface area contributed by atoms with Gasteiger partial charge in [0.25, 0.3) is 0 Å². The topological polar surface area (TPSA) is 46.5 Å². The number of aliphatic hydroxyl groups is 1. The largest absolute Gasteiger partial charge is 0.469 e. The lowest BCUT2D eigenvalue weighted by atomic mass is 9.80. The first-order valence-electron chi connectivity index (χ1n) is 7.83. The van der Waals surface area contributed by atoms with Crippen LogP contribution in [0.25, 0.3) is 0 Å². The van der Waals surface area contributed by atoms with Crippen molar-refractivity contribution in [1.82, 2.24) is 0 Å². The van der Waals surface area contributed by atoms with E-state index < -0.39 is 6.29 Å². The van der Waals surface area contributed by atoms with Gasteiger partial charge >= 0.3 is 0 Å². The van der Waals surface area contributed by atoms with E-state index in [0.717, 1.165) is 37.0 Å². The molecule has 0 aromatic heterocycles. The molecular formula is C16H26O3. The third-order valence-corrected chi connectivity index (χ3v) is 4.24. The van der Waals surface area contributed by atoms with Gasteiger partial charge in [-0.1, -0.05) is 39.0 Å². The molecule has 2 rings (SSSR count). The molecule has 108 valence electrons. The summed E-state index contributed by atoms with van der Waals surface area (Å²) in [5, 5.41) is 9.78. The minimum atomic E-state index is -0.703. The van der Waals surface area contributed by atoms with Crippen LogP contribution in [-0.4, -0.2) is 17.2 Å². The second kappa shape index (κ2) is 7.09. The minimum absolute atomic E-state index is 0.230. The lowest BCUT2D eigenvalue weighted by Gasteiger charge is -2.33. The molecule has 0 saturated heterocycles. The van der Waals surface area contributed by atoms with Gasteiger partial charge in [0, 0.05) is 24.8 Å². The van der Waals surface area contributed by atoms with E-state index >= 15 is 0 Å². The Morgan fingerprint density at radius 3 is 2.79 bits per heavy atom. The molecule has 0 fully saturated rings. The van der Waals surface area contributed by atoms with Crippen LogP contribution < -0.4 is 0 Å². The molecule has 1 unspecified atom stereocenters. The lowest BCUT2D eigenvalue weighted by Crippen LogP contribution is -2.31. The zero-order chi connectivity index (χ0) is 13.7. The summed E-state index contributed by atoms with van der Waals surface area (Å²) in [6, 6.07) is 0. The maximum Gasteiger partial charge on any atom is 0.197 e. The Labute approximate surface area is 116 Å². The van der Waals surface area contributed by atoms with Gasteiger partial charge in [0.2, 0.25) is 0 Å². The van der Waals surface area contributed by atoms with Crippen LogP contribution in [0, 0.1) is 5.92 Å². The molecule has 0 saturated carbocycles. The van der Waals surface area contributed by atoms with Gasteiger partial charge in [0.1, 0.15) is 5.76 Å². The molecule has 19 heavy (non-hydrogen) atoms. The Balaban J connectivity index is 1.92. The number of hydrogen-bond acceptors (Lipinski definition) is 3. The Hall–Kier alpha value is -0.830. The number of aliphatic hydroxyl groups excluding tert-OH is 1. The number of ketones is 1. The van der Waals surface area contributed by atoms with Crippen molar-refractivity contribution < 1.29 is 14.6 Å². The summed E-state index contributed by atoms with van der Waals surface area (Å²) < 4.78 is 5.45. The van der Waals surface area contributed by atoms with Crippen molar-refractivity contribution in [2.45, 2.75) is 77.4 Å². The molecule has 1 aliphatic heterocycles. The first-order chi connectivity index (χ1) is 9.22. The zero-order valence-electron chi connectivity index (χ0n) is 12.0. The number of allylic oxidation sites excluding steroid dienone is 2. The molecule has 1 aliphatic carbocycles. The van der Waals surface area contributed by atoms with Gasteiger partial charge in [-0.15, -0.1) is 0 Å². The van der Waals surface area contributed by atoms with Crippen molar-refractivity contribution in [2.75, 3.05) is 0 Å². The summed E-state index contributed by atoms with van der Waals surface area (Å²) in [6.45, 7) is 2.21. The fraction of sp³-hybridized carbons (Fsp3) is 0.812. The number of carbonyl (C=O) groups excluding carboxylic acids is 1. The normalized spacial score (nSPS) is 27.2. The molecule has 2 aliphatic rings. The predicted molar refractivity (Wildman–Crippen MR) is 74.5 cm³/mol. The monoisotopic (exact) mass is 266 g/mol. The van der Waals surface area contributed by atoms with E-state index in [1.54, 1.807) is 0 Å². The zero-order valence-corrected chi connectivity index (χ0v) is 12.0. The SMILES string of the molecule is CCCCCCC[C@@H]1CC(O)OC2=C1C(=O)CCC2. The highest BCUT2D eigenvalue weighted by atomic mass is 16.6. The van der Waals surface area contributed by atoms with Gasteiger partial charge in [-0.25, -0.2) is 0 Å². The highest BCUT2D eigenvalue weighted by Crippen LogP contribution is 2.38. The van der Waals surface area contributed by atoms with Crippen molar-refractivity contribution in [2.24, 2.45) is 5.92 Å². The number of rotatable bonds is 6. The Morgan fingerprint density at radius 1 is 1.21 bits per heavy atom. The molecule has 0 spiro atoms. The number of unbranched alkanes of at least 4 members (excludes halogenated alkanes) is 4. The van der Waals surface area contributed by atoms with Crippen molar-refractivity contribution in [3.05, 3.63) is 11.3 Å². The lowest BCUT2D eigenvalue weighted by molar-refractivity contribution is -0.123. The van der Waals surface area contributed by atoms with Gasteiger partial charge in [-0.3, -0.25) is 4.79 Å². The number of Topliss-reactive ketones (excluding diaryl/α,β-unsaturated/α-hetero) is 1. The Morgan fingerprint density at radius 2 is 2.00 bits per heavy atom. The van der Waals surface area contributed by atoms with Gasteiger partial charge in [-0.05, 0) is 18.8 Å². The smallest absolute Gasteiger partial charge is 0.197 e. The maximum absolute atomic E-state index is 12.1. The predicted octanol–water partition coefficient (Wildman–Crippen LogP) is 3.71. The first kappa shape index (κ1) is 14.6. The van der Waals surface area contributed by atoms with E-state index in [-0.39, 0.29) is 11.7 Å². The molecule has 0 aromatic rings. The molecule has 3 nitrogen and oxygen atoms in total. The van der Waals surface area contributed by atoms with Crippen molar-refractivity contribution in [1.29, 1.82) is 0 Å². The third-order valence-electron chi connectivity index (χ3n) is 4.24. The van der Waals surface area contributed by atoms with E-state index in [4.69, 9.17) is 4.74 Å². The minimum Gasteiger partial charge on any atom is -0.469 e. The van der Waals surface area contributed by atoms with E-state index in [1.165, 1.54) is 25.7 Å². The molecule has 0 aromatic carbocycles. The Kier molecular flexibility index (Phi) is 5.44. The van der Waals surface area contributed by atoms with Crippen LogP contribution in [0.5, 0.6) is 0 Å². The van der Waals surface area contributed by atoms with Crippen LogP contribution >= 0.6 is 0 Å². The van der Waals surface area contributed by atoms with Gasteiger partial charge in [0.05, 0.1) is 0 Å². The van der Waals surface area contributed by atoms with Crippen molar-refractivity contribution in [3.8, 4) is 0 Å². The summed E-state index contributed by atoms with van der Waals surface area (Å²) in [6.07, 6.45) is 9.48. The van der Waals surface area contributed by atoms with Crippen LogP contribution in [0.2, 0.25) is 0 Å². The molecule has 3 heteroatoms. The van der Waals surface area contributed by atoms with E-state index in [2.05, 4.69) is 6.92 Å². The molecule has 0 radical (unpaired) electrons. The van der Waals surface area contributed by atoms with Crippen LogP contribution in [0.1, 0.15) is 71.1 Å². The molecule has 1 N–H and O–H groups in total. The summed E-state index contributed by atoms with van der Waals surface area (Å²) in [5.74, 6) is 1.27. The first-order valence-corrected chi connectivity index (χ1v) is 7.83. The maximum atomic E-state index is 12.1. The standard InChI is InChI=1S/C16H26O3/c1-2-3-4-5-6-8-12-11-15(18)19-14-10-7-9-13(17)16(12)14/h12,15,18H,2-11H2,1H3/t12-,15?/m1/s1.